The quantitative estimate of drug-likeness (QED) is 0.567. The van der Waals surface area contributed by atoms with Gasteiger partial charge in [-0.05, 0) is 34.7 Å². The van der Waals surface area contributed by atoms with Gasteiger partial charge in [-0.25, -0.2) is 0 Å². The summed E-state index contributed by atoms with van der Waals surface area (Å²) in [4.78, 5) is 17.1. The summed E-state index contributed by atoms with van der Waals surface area (Å²) in [6, 6.07) is 14.4. The molecule has 1 N–H and O–H groups in total. The number of nitrogens with one attached hydrogen (secondary N) is 1. The standard InChI is InChI=1S/C17H13N7O2S/c1-26-12-6-4-5-11(9-12)15-19-17(27-21-15)20-16(25)13-7-2-3-8-14(13)24-10-18-22-23-24/h2-10H,1H3,(H,19,20,21,25). The van der Waals surface area contributed by atoms with Crippen molar-refractivity contribution in [3.8, 4) is 22.8 Å². The van der Waals surface area contributed by atoms with Crippen LogP contribution in [-0.2, 0) is 0 Å². The molecule has 2 aromatic heterocycles. The van der Waals surface area contributed by atoms with Gasteiger partial charge >= 0.3 is 0 Å². The van der Waals surface area contributed by atoms with E-state index in [1.165, 1.54) is 11.0 Å². The highest BCUT2D eigenvalue weighted by Crippen LogP contribution is 2.25. The van der Waals surface area contributed by atoms with Crippen LogP contribution < -0.4 is 10.1 Å². The van der Waals surface area contributed by atoms with Gasteiger partial charge in [0.2, 0.25) is 5.13 Å². The Hall–Kier alpha value is -3.66. The van der Waals surface area contributed by atoms with Crippen LogP contribution in [0.15, 0.2) is 54.9 Å². The topological polar surface area (TPSA) is 108 Å². The first-order valence-electron chi connectivity index (χ1n) is 7.86. The summed E-state index contributed by atoms with van der Waals surface area (Å²) in [5.74, 6) is 0.903. The fraction of sp³-hybridized carbons (Fsp3) is 0.0588. The first kappa shape index (κ1) is 16.8. The first-order valence-corrected chi connectivity index (χ1v) is 8.64. The maximum atomic E-state index is 12.7. The van der Waals surface area contributed by atoms with Gasteiger partial charge < -0.3 is 4.74 Å². The number of methoxy groups -OCH3 is 1. The second-order valence-corrected chi connectivity index (χ2v) is 6.13. The molecule has 1 amide bonds. The van der Waals surface area contributed by atoms with Crippen molar-refractivity contribution in [2.75, 3.05) is 12.4 Å². The summed E-state index contributed by atoms with van der Waals surface area (Å²) in [7, 11) is 1.60. The van der Waals surface area contributed by atoms with Gasteiger partial charge in [-0.2, -0.15) is 14.0 Å². The van der Waals surface area contributed by atoms with Gasteiger partial charge in [0.1, 0.15) is 12.1 Å². The lowest BCUT2D eigenvalue weighted by atomic mass is 10.1. The molecular formula is C17H13N7O2S. The largest absolute Gasteiger partial charge is 0.497 e. The summed E-state index contributed by atoms with van der Waals surface area (Å²) < 4.78 is 10.9. The van der Waals surface area contributed by atoms with Gasteiger partial charge in [0.05, 0.1) is 18.4 Å². The molecule has 0 atom stereocenters. The van der Waals surface area contributed by atoms with Crippen LogP contribution in [0.3, 0.4) is 0 Å². The number of ether oxygens (including phenoxy) is 1. The van der Waals surface area contributed by atoms with Crippen LogP contribution in [0.25, 0.3) is 17.1 Å². The third-order valence-corrected chi connectivity index (χ3v) is 4.35. The number of aromatic nitrogens is 6. The molecule has 0 aliphatic heterocycles. The summed E-state index contributed by atoms with van der Waals surface area (Å²) in [5, 5.41) is 14.2. The van der Waals surface area contributed by atoms with E-state index in [9.17, 15) is 4.79 Å². The maximum Gasteiger partial charge on any atom is 0.259 e. The van der Waals surface area contributed by atoms with E-state index in [0.717, 1.165) is 17.1 Å². The highest BCUT2D eigenvalue weighted by atomic mass is 32.1. The van der Waals surface area contributed by atoms with E-state index < -0.39 is 0 Å². The molecule has 0 saturated heterocycles. The number of hydrogen-bond donors (Lipinski definition) is 1. The normalized spacial score (nSPS) is 10.6. The zero-order valence-electron chi connectivity index (χ0n) is 14.1. The van der Waals surface area contributed by atoms with E-state index in [4.69, 9.17) is 4.74 Å². The summed E-state index contributed by atoms with van der Waals surface area (Å²) in [6.45, 7) is 0. The Morgan fingerprint density at radius 2 is 2.07 bits per heavy atom. The van der Waals surface area contributed by atoms with Crippen LogP contribution in [0, 0.1) is 0 Å². The van der Waals surface area contributed by atoms with Crippen molar-refractivity contribution in [2.45, 2.75) is 0 Å². The number of tetrazole rings is 1. The van der Waals surface area contributed by atoms with Crippen molar-refractivity contribution in [3.05, 3.63) is 60.4 Å². The van der Waals surface area contributed by atoms with Crippen molar-refractivity contribution in [1.29, 1.82) is 0 Å². The molecule has 0 fully saturated rings. The molecule has 9 nitrogen and oxygen atoms in total. The van der Waals surface area contributed by atoms with Crippen LogP contribution in [0.1, 0.15) is 10.4 Å². The lowest BCUT2D eigenvalue weighted by molar-refractivity contribution is 0.102. The maximum absolute atomic E-state index is 12.7. The summed E-state index contributed by atoms with van der Waals surface area (Å²) in [5.41, 5.74) is 1.79. The highest BCUT2D eigenvalue weighted by molar-refractivity contribution is 7.10. The Morgan fingerprint density at radius 1 is 1.19 bits per heavy atom. The molecule has 0 unspecified atom stereocenters. The third-order valence-electron chi connectivity index (χ3n) is 3.72. The minimum Gasteiger partial charge on any atom is -0.497 e. The number of hydrogen-bond acceptors (Lipinski definition) is 8. The molecule has 0 saturated carbocycles. The lowest BCUT2D eigenvalue weighted by Crippen LogP contribution is -2.15. The SMILES string of the molecule is COc1cccc(-c2nsc(NC(=O)c3ccccc3-n3cnnn3)n2)c1. The predicted molar refractivity (Wildman–Crippen MR) is 99.0 cm³/mol. The number of carbonyl (C=O) groups excluding carboxylic acids is 1. The van der Waals surface area contributed by atoms with E-state index in [0.29, 0.717) is 28.0 Å². The highest BCUT2D eigenvalue weighted by Gasteiger charge is 2.16. The average Bonchev–Trinajstić information content (AvgIpc) is 3.40. The van der Waals surface area contributed by atoms with E-state index in [-0.39, 0.29) is 5.91 Å². The van der Waals surface area contributed by atoms with Crippen LogP contribution >= 0.6 is 11.5 Å². The van der Waals surface area contributed by atoms with Gasteiger partial charge in [-0.15, -0.1) is 5.10 Å². The minimum absolute atomic E-state index is 0.325. The lowest BCUT2D eigenvalue weighted by Gasteiger charge is -2.07. The Bertz CT molecular complexity index is 1080. The first-order chi connectivity index (χ1) is 13.2. The molecule has 0 aliphatic rings. The van der Waals surface area contributed by atoms with Gasteiger partial charge in [-0.3, -0.25) is 10.1 Å². The fourth-order valence-corrected chi connectivity index (χ4v) is 3.04. The van der Waals surface area contributed by atoms with Crippen molar-refractivity contribution in [2.24, 2.45) is 0 Å². The monoisotopic (exact) mass is 379 g/mol. The number of nitrogens with zero attached hydrogens (tertiary/aromatic N) is 6. The summed E-state index contributed by atoms with van der Waals surface area (Å²) >= 11 is 1.10. The minimum atomic E-state index is -0.325. The van der Waals surface area contributed by atoms with Crippen molar-refractivity contribution < 1.29 is 9.53 Å². The molecule has 0 aliphatic carbocycles. The molecule has 4 aromatic rings. The van der Waals surface area contributed by atoms with Crippen LogP contribution in [-0.4, -0.2) is 42.6 Å². The zero-order valence-corrected chi connectivity index (χ0v) is 14.9. The number of benzene rings is 2. The Kier molecular flexibility index (Phi) is 4.54. The van der Waals surface area contributed by atoms with E-state index in [1.54, 1.807) is 31.4 Å². The predicted octanol–water partition coefficient (Wildman–Crippen LogP) is 2.44. The van der Waals surface area contributed by atoms with Crippen LogP contribution in [0.2, 0.25) is 0 Å². The Labute approximate surface area is 157 Å². The van der Waals surface area contributed by atoms with Crippen molar-refractivity contribution in [3.63, 3.8) is 0 Å². The van der Waals surface area contributed by atoms with Crippen LogP contribution in [0.5, 0.6) is 5.75 Å². The average molecular weight is 379 g/mol. The van der Waals surface area contributed by atoms with E-state index in [1.807, 2.05) is 24.3 Å². The second kappa shape index (κ2) is 7.30. The number of anilines is 1. The molecule has 0 spiro atoms. The Balaban J connectivity index is 1.57. The molecule has 0 bridgehead atoms. The van der Waals surface area contributed by atoms with E-state index >= 15 is 0 Å². The zero-order chi connectivity index (χ0) is 18.6. The fourth-order valence-electron chi connectivity index (χ4n) is 2.46. The number of rotatable bonds is 5. The van der Waals surface area contributed by atoms with Gasteiger partial charge in [0.15, 0.2) is 5.82 Å². The van der Waals surface area contributed by atoms with Gasteiger partial charge in [0.25, 0.3) is 5.91 Å². The molecule has 134 valence electrons. The molecule has 10 heteroatoms. The van der Waals surface area contributed by atoms with Gasteiger partial charge in [0, 0.05) is 17.1 Å². The number of para-hydroxylation sites is 1. The molecule has 2 heterocycles. The third kappa shape index (κ3) is 3.51. The van der Waals surface area contributed by atoms with E-state index in [2.05, 4.69) is 30.2 Å². The molecule has 27 heavy (non-hydrogen) atoms. The van der Waals surface area contributed by atoms with Crippen molar-refractivity contribution in [1.82, 2.24) is 29.6 Å². The number of amides is 1. The molecule has 0 radical (unpaired) electrons. The van der Waals surface area contributed by atoms with Gasteiger partial charge in [-0.1, -0.05) is 24.3 Å². The van der Waals surface area contributed by atoms with Crippen LogP contribution in [0.4, 0.5) is 5.13 Å². The molecule has 4 rings (SSSR count). The smallest absolute Gasteiger partial charge is 0.259 e. The van der Waals surface area contributed by atoms with Crippen molar-refractivity contribution >= 4 is 22.6 Å². The molecule has 2 aromatic carbocycles. The summed E-state index contributed by atoms with van der Waals surface area (Å²) in [6.07, 6.45) is 1.43. The number of carbonyl (C=O) groups is 1. The Morgan fingerprint density at radius 3 is 2.89 bits per heavy atom. The second-order valence-electron chi connectivity index (χ2n) is 5.38. The molecular weight excluding hydrogens is 366 g/mol.